The molecule has 0 heterocycles. The van der Waals surface area contributed by atoms with Crippen molar-refractivity contribution in [1.82, 2.24) is 0 Å². The Hall–Kier alpha value is -1.85. The van der Waals surface area contributed by atoms with Crippen LogP contribution in [0.25, 0.3) is 0 Å². The number of carbonyl (C=O) groups is 3. The van der Waals surface area contributed by atoms with Gasteiger partial charge in [0.05, 0.1) is 0 Å². The molecule has 0 aliphatic heterocycles. The monoisotopic (exact) mass is 1060 g/mol. The topological polar surface area (TPSA) is 78.9 Å². The summed E-state index contributed by atoms with van der Waals surface area (Å²) >= 11 is 0. The van der Waals surface area contributed by atoms with Gasteiger partial charge < -0.3 is 14.2 Å². The predicted octanol–water partition coefficient (Wildman–Crippen LogP) is 23.2. The average molecular weight is 1060 g/mol. The van der Waals surface area contributed by atoms with E-state index in [2.05, 4.69) is 32.9 Å². The first-order chi connectivity index (χ1) is 37.0. The Morgan fingerprint density at radius 3 is 0.667 bits per heavy atom. The maximum absolute atomic E-state index is 12.9. The Balaban J connectivity index is 4.09. The summed E-state index contributed by atoms with van der Waals surface area (Å²) < 4.78 is 16.9. The van der Waals surface area contributed by atoms with Gasteiger partial charge in [-0.3, -0.25) is 14.4 Å². The number of ether oxygens (including phenoxy) is 3. The second-order valence-corrected chi connectivity index (χ2v) is 23.5. The van der Waals surface area contributed by atoms with E-state index < -0.39 is 6.10 Å². The minimum atomic E-state index is -0.767. The lowest BCUT2D eigenvalue weighted by atomic mass is 10.0. The number of hydrogen-bond donors (Lipinski definition) is 0. The lowest BCUT2D eigenvalue weighted by Gasteiger charge is -2.18. The van der Waals surface area contributed by atoms with Gasteiger partial charge in [0.1, 0.15) is 13.2 Å². The van der Waals surface area contributed by atoms with E-state index in [9.17, 15) is 14.4 Å². The SMILES string of the molecule is CCCCCCCCC/C=C\CCCCCCCCCC(=O)OC(COC(=O)CCCCCCCCCCCC)COC(=O)CCCCCCCCCCCCCCCCCCCCCCCCCCCCCCC. The summed E-state index contributed by atoms with van der Waals surface area (Å²) in [6.45, 7) is 6.70. The molecule has 0 radical (unpaired) electrons. The molecule has 6 nitrogen and oxygen atoms in total. The average Bonchev–Trinajstić information content (AvgIpc) is 3.41. The van der Waals surface area contributed by atoms with Gasteiger partial charge in [0, 0.05) is 19.3 Å². The molecule has 0 aliphatic rings. The highest BCUT2D eigenvalue weighted by Gasteiger charge is 2.19. The molecular weight excluding hydrogens is 925 g/mol. The highest BCUT2D eigenvalue weighted by atomic mass is 16.6. The molecule has 0 spiro atoms. The first kappa shape index (κ1) is 73.2. The first-order valence-electron chi connectivity index (χ1n) is 34.2. The largest absolute Gasteiger partial charge is 0.462 e. The fraction of sp³-hybridized carbons (Fsp3) is 0.928. The third-order valence-corrected chi connectivity index (χ3v) is 15.8. The zero-order chi connectivity index (χ0) is 54.3. The molecule has 0 rings (SSSR count). The van der Waals surface area contributed by atoms with Crippen LogP contribution in [0.4, 0.5) is 0 Å². The number of allylic oxidation sites excluding steroid dienone is 2. The van der Waals surface area contributed by atoms with E-state index in [1.165, 1.54) is 295 Å². The van der Waals surface area contributed by atoms with Crippen molar-refractivity contribution >= 4 is 17.9 Å². The highest BCUT2D eigenvalue weighted by Crippen LogP contribution is 2.19. The lowest BCUT2D eigenvalue weighted by molar-refractivity contribution is -0.167. The number of unbranched alkanes of at least 4 members (excludes halogenated alkanes) is 51. The highest BCUT2D eigenvalue weighted by molar-refractivity contribution is 5.71. The molecule has 0 saturated heterocycles. The fourth-order valence-corrected chi connectivity index (χ4v) is 10.6. The normalized spacial score (nSPS) is 12.0. The van der Waals surface area contributed by atoms with Crippen molar-refractivity contribution in [3.05, 3.63) is 12.2 Å². The third kappa shape index (κ3) is 62.9. The van der Waals surface area contributed by atoms with Crippen LogP contribution in [0.5, 0.6) is 0 Å². The molecule has 444 valence electrons. The van der Waals surface area contributed by atoms with E-state index in [-0.39, 0.29) is 31.1 Å². The number of hydrogen-bond acceptors (Lipinski definition) is 6. The van der Waals surface area contributed by atoms with Gasteiger partial charge in [-0.1, -0.05) is 341 Å². The van der Waals surface area contributed by atoms with Crippen molar-refractivity contribution in [3.8, 4) is 0 Å². The van der Waals surface area contributed by atoms with Crippen LogP contribution in [0, 0.1) is 0 Å². The second-order valence-electron chi connectivity index (χ2n) is 23.5. The molecule has 0 aromatic rings. The van der Waals surface area contributed by atoms with Crippen molar-refractivity contribution in [3.63, 3.8) is 0 Å². The molecule has 0 N–H and O–H groups in total. The predicted molar refractivity (Wildman–Crippen MR) is 326 cm³/mol. The van der Waals surface area contributed by atoms with E-state index in [1.54, 1.807) is 0 Å². The zero-order valence-electron chi connectivity index (χ0n) is 51.1. The Labute approximate surface area is 469 Å². The van der Waals surface area contributed by atoms with Crippen LogP contribution < -0.4 is 0 Å². The van der Waals surface area contributed by atoms with Crippen LogP contribution in [-0.4, -0.2) is 37.2 Å². The standard InChI is InChI=1S/C69H132O6/c1-4-7-10-13-16-19-22-24-26-28-30-31-32-33-34-35-36-37-38-39-40-42-43-45-47-50-53-56-59-62-68(71)74-65-66(64-73-67(70)61-58-55-52-49-21-18-15-12-9-6-3)75-69(72)63-60-57-54-51-48-46-44-41-29-27-25-23-20-17-14-11-8-5-2/h27,29,66H,4-26,28,30-65H2,1-3H3/b29-27-. The van der Waals surface area contributed by atoms with Crippen LogP contribution >= 0.6 is 0 Å². The van der Waals surface area contributed by atoms with E-state index in [1.807, 2.05) is 0 Å². The molecule has 1 atom stereocenters. The summed E-state index contributed by atoms with van der Waals surface area (Å²) in [6, 6.07) is 0. The molecular formula is C69H132O6. The van der Waals surface area contributed by atoms with Gasteiger partial charge in [-0.05, 0) is 44.9 Å². The van der Waals surface area contributed by atoms with Crippen molar-refractivity contribution in [2.45, 2.75) is 399 Å². The molecule has 0 aromatic heterocycles. The van der Waals surface area contributed by atoms with Crippen molar-refractivity contribution in [2.75, 3.05) is 13.2 Å². The maximum Gasteiger partial charge on any atom is 0.306 e. The molecule has 0 aliphatic carbocycles. The van der Waals surface area contributed by atoms with Gasteiger partial charge in [-0.25, -0.2) is 0 Å². The Bertz CT molecular complexity index is 1170. The molecule has 6 heteroatoms. The minimum Gasteiger partial charge on any atom is -0.462 e. The van der Waals surface area contributed by atoms with Gasteiger partial charge >= 0.3 is 17.9 Å². The van der Waals surface area contributed by atoms with Crippen molar-refractivity contribution in [1.29, 1.82) is 0 Å². The third-order valence-electron chi connectivity index (χ3n) is 15.8. The van der Waals surface area contributed by atoms with Crippen LogP contribution in [0.1, 0.15) is 393 Å². The molecule has 75 heavy (non-hydrogen) atoms. The number of esters is 3. The summed E-state index contributed by atoms with van der Waals surface area (Å²) in [6.07, 6.45) is 76.8. The van der Waals surface area contributed by atoms with Gasteiger partial charge in [0.25, 0.3) is 0 Å². The van der Waals surface area contributed by atoms with Crippen LogP contribution in [-0.2, 0) is 28.6 Å². The van der Waals surface area contributed by atoms with Gasteiger partial charge in [-0.15, -0.1) is 0 Å². The van der Waals surface area contributed by atoms with Crippen LogP contribution in [0.3, 0.4) is 0 Å². The molecule has 0 bridgehead atoms. The van der Waals surface area contributed by atoms with Crippen molar-refractivity contribution < 1.29 is 28.6 Å². The summed E-state index contributed by atoms with van der Waals surface area (Å²) in [5.41, 5.74) is 0. The van der Waals surface area contributed by atoms with Gasteiger partial charge in [0.2, 0.25) is 0 Å². The number of carbonyl (C=O) groups excluding carboxylic acids is 3. The lowest BCUT2D eigenvalue weighted by Crippen LogP contribution is -2.30. The Kier molecular flexibility index (Phi) is 63.1. The first-order valence-corrected chi connectivity index (χ1v) is 34.2. The van der Waals surface area contributed by atoms with Gasteiger partial charge in [-0.2, -0.15) is 0 Å². The summed E-state index contributed by atoms with van der Waals surface area (Å²) in [7, 11) is 0. The summed E-state index contributed by atoms with van der Waals surface area (Å²) in [5.74, 6) is -0.842. The van der Waals surface area contributed by atoms with E-state index in [0.717, 1.165) is 57.8 Å². The minimum absolute atomic E-state index is 0.0655. The fourth-order valence-electron chi connectivity index (χ4n) is 10.6. The van der Waals surface area contributed by atoms with Crippen LogP contribution in [0.2, 0.25) is 0 Å². The maximum atomic E-state index is 12.9. The smallest absolute Gasteiger partial charge is 0.306 e. The molecule has 0 saturated carbocycles. The Morgan fingerprint density at radius 1 is 0.253 bits per heavy atom. The molecule has 0 amide bonds. The second kappa shape index (κ2) is 64.7. The van der Waals surface area contributed by atoms with Gasteiger partial charge in [0.15, 0.2) is 6.10 Å². The van der Waals surface area contributed by atoms with Crippen molar-refractivity contribution in [2.24, 2.45) is 0 Å². The molecule has 0 fully saturated rings. The van der Waals surface area contributed by atoms with E-state index >= 15 is 0 Å². The summed E-state index contributed by atoms with van der Waals surface area (Å²) in [4.78, 5) is 38.2. The Morgan fingerprint density at radius 2 is 0.440 bits per heavy atom. The quantitative estimate of drug-likeness (QED) is 0.0261. The van der Waals surface area contributed by atoms with E-state index in [4.69, 9.17) is 14.2 Å². The summed E-state index contributed by atoms with van der Waals surface area (Å²) in [5, 5.41) is 0. The number of rotatable bonds is 64. The molecule has 1 unspecified atom stereocenters. The zero-order valence-corrected chi connectivity index (χ0v) is 51.1. The molecule has 0 aromatic carbocycles. The van der Waals surface area contributed by atoms with E-state index in [0.29, 0.717) is 19.3 Å². The van der Waals surface area contributed by atoms with Crippen LogP contribution in [0.15, 0.2) is 12.2 Å².